The number of aliphatic carboxylic acids is 3. The van der Waals surface area contributed by atoms with E-state index in [2.05, 4.69) is 0 Å². The molecule has 0 bridgehead atoms. The third-order valence-electron chi connectivity index (χ3n) is 3.19. The Morgan fingerprint density at radius 1 is 0.947 bits per heavy atom. The molecule has 0 aromatic heterocycles. The van der Waals surface area contributed by atoms with Gasteiger partial charge in [0.2, 0.25) is 0 Å². The maximum absolute atomic E-state index is 11.3. The monoisotopic (exact) mass is 262 g/mol. The highest BCUT2D eigenvalue weighted by Crippen LogP contribution is 2.33. The summed E-state index contributed by atoms with van der Waals surface area (Å²) in [5, 5.41) is 28.4. The largest absolute Gasteiger partial charge is 0.481 e. The first-order chi connectivity index (χ1) is 8.89. The average molecular weight is 262 g/mol. The molecule has 1 atom stereocenters. The van der Waals surface area contributed by atoms with E-state index in [9.17, 15) is 24.6 Å². The van der Waals surface area contributed by atoms with E-state index in [-0.39, 0.29) is 0 Å². The Balaban J connectivity index is 2.86. The van der Waals surface area contributed by atoms with E-state index in [1.165, 1.54) is 6.08 Å². The van der Waals surface area contributed by atoms with Crippen LogP contribution in [-0.4, -0.2) is 33.2 Å². The van der Waals surface area contributed by atoms with Crippen LogP contribution in [0, 0.1) is 11.3 Å². The molecule has 0 aliphatic heterocycles. The third-order valence-corrected chi connectivity index (χ3v) is 3.19. The standard InChI is InChI=1S/C13H10O6/c14-10(15)9-5-7-3-1-2-4-8(7)6-13(9,11(16)17)12(18)19/h1-6,9H,(H,14,15)(H,16,17)(H,18,19). The van der Waals surface area contributed by atoms with Gasteiger partial charge in [-0.1, -0.05) is 30.3 Å². The molecule has 0 saturated heterocycles. The Labute approximate surface area is 106 Å². The predicted molar refractivity (Wildman–Crippen MR) is 63.5 cm³/mol. The van der Waals surface area contributed by atoms with Crippen LogP contribution < -0.4 is 10.4 Å². The molecule has 1 aromatic carbocycles. The SMILES string of the molecule is O=C(O)C1C=c2ccccc2=CC1(C(=O)O)C(=O)O. The first-order valence-corrected chi connectivity index (χ1v) is 5.39. The van der Waals surface area contributed by atoms with Crippen LogP contribution in [0.2, 0.25) is 0 Å². The van der Waals surface area contributed by atoms with Gasteiger partial charge in [0.25, 0.3) is 0 Å². The summed E-state index contributed by atoms with van der Waals surface area (Å²) in [4.78, 5) is 33.9. The lowest BCUT2D eigenvalue weighted by Gasteiger charge is -2.28. The molecule has 0 spiro atoms. The van der Waals surface area contributed by atoms with E-state index < -0.39 is 29.2 Å². The molecule has 6 nitrogen and oxygen atoms in total. The smallest absolute Gasteiger partial charge is 0.326 e. The van der Waals surface area contributed by atoms with Crippen LogP contribution in [-0.2, 0) is 14.4 Å². The Morgan fingerprint density at radius 2 is 1.47 bits per heavy atom. The van der Waals surface area contributed by atoms with Crippen molar-refractivity contribution in [3.8, 4) is 0 Å². The van der Waals surface area contributed by atoms with E-state index >= 15 is 0 Å². The van der Waals surface area contributed by atoms with Crippen LogP contribution in [0.15, 0.2) is 24.3 Å². The third kappa shape index (κ3) is 1.77. The second-order valence-corrected chi connectivity index (χ2v) is 4.24. The van der Waals surface area contributed by atoms with Gasteiger partial charge >= 0.3 is 17.9 Å². The quantitative estimate of drug-likeness (QED) is 0.610. The first kappa shape index (κ1) is 12.8. The number of benzene rings is 1. The molecule has 6 heteroatoms. The van der Waals surface area contributed by atoms with Gasteiger partial charge in [0.15, 0.2) is 5.41 Å². The Kier molecular flexibility index (Phi) is 2.86. The molecule has 1 aliphatic rings. The van der Waals surface area contributed by atoms with Gasteiger partial charge in [-0.15, -0.1) is 0 Å². The van der Waals surface area contributed by atoms with Crippen LogP contribution >= 0.6 is 0 Å². The normalized spacial score (nSPS) is 19.5. The maximum atomic E-state index is 11.3. The van der Waals surface area contributed by atoms with Gasteiger partial charge in [-0.2, -0.15) is 0 Å². The molecule has 1 aromatic rings. The summed E-state index contributed by atoms with van der Waals surface area (Å²) >= 11 is 0. The molecule has 2 rings (SSSR count). The minimum atomic E-state index is -2.49. The van der Waals surface area contributed by atoms with Crippen molar-refractivity contribution in [2.75, 3.05) is 0 Å². The number of fused-ring (bicyclic) bond motifs is 1. The summed E-state index contributed by atoms with van der Waals surface area (Å²) in [5.41, 5.74) is -2.49. The minimum Gasteiger partial charge on any atom is -0.481 e. The number of carboxylic acid groups (broad SMARTS) is 3. The van der Waals surface area contributed by atoms with E-state index in [4.69, 9.17) is 5.11 Å². The summed E-state index contributed by atoms with van der Waals surface area (Å²) in [7, 11) is 0. The molecule has 1 aliphatic carbocycles. The molecule has 1 unspecified atom stereocenters. The van der Waals surface area contributed by atoms with E-state index in [1.54, 1.807) is 24.3 Å². The summed E-state index contributed by atoms with van der Waals surface area (Å²) in [5.74, 6) is -6.54. The van der Waals surface area contributed by atoms with Crippen molar-refractivity contribution >= 4 is 30.1 Å². The lowest BCUT2D eigenvalue weighted by Crippen LogP contribution is -2.51. The van der Waals surface area contributed by atoms with Crippen molar-refractivity contribution < 1.29 is 29.7 Å². The number of hydrogen-bond acceptors (Lipinski definition) is 3. The number of hydrogen-bond donors (Lipinski definition) is 3. The van der Waals surface area contributed by atoms with Gasteiger partial charge < -0.3 is 15.3 Å². The zero-order valence-corrected chi connectivity index (χ0v) is 9.61. The molecule has 0 radical (unpaired) electrons. The molecule has 0 saturated carbocycles. The summed E-state index contributed by atoms with van der Waals surface area (Å²) < 4.78 is 0. The van der Waals surface area contributed by atoms with Gasteiger partial charge in [-0.05, 0) is 16.5 Å². The van der Waals surface area contributed by atoms with Crippen molar-refractivity contribution in [2.45, 2.75) is 0 Å². The number of carbonyl (C=O) groups is 3. The lowest BCUT2D eigenvalue weighted by atomic mass is 9.72. The van der Waals surface area contributed by atoms with Crippen molar-refractivity contribution in [3.63, 3.8) is 0 Å². The highest BCUT2D eigenvalue weighted by molar-refractivity contribution is 6.10. The molecule has 3 N–H and O–H groups in total. The molecule has 0 fully saturated rings. The van der Waals surface area contributed by atoms with Crippen molar-refractivity contribution in [3.05, 3.63) is 34.7 Å². The highest BCUT2D eigenvalue weighted by atomic mass is 16.4. The van der Waals surface area contributed by atoms with Crippen LogP contribution in [0.25, 0.3) is 12.2 Å². The zero-order chi connectivity index (χ0) is 14.2. The second-order valence-electron chi connectivity index (χ2n) is 4.24. The van der Waals surface area contributed by atoms with Gasteiger partial charge in [-0.3, -0.25) is 14.4 Å². The van der Waals surface area contributed by atoms with E-state index in [1.807, 2.05) is 0 Å². The lowest BCUT2D eigenvalue weighted by molar-refractivity contribution is -0.167. The topological polar surface area (TPSA) is 112 Å². The Hall–Kier alpha value is -2.63. The fourth-order valence-electron chi connectivity index (χ4n) is 2.19. The Morgan fingerprint density at radius 3 is 1.95 bits per heavy atom. The summed E-state index contributed by atoms with van der Waals surface area (Å²) in [6, 6.07) is 6.44. The van der Waals surface area contributed by atoms with Crippen LogP contribution in [0.3, 0.4) is 0 Å². The molecular formula is C13H10O6. The second kappa shape index (κ2) is 4.24. The van der Waals surface area contributed by atoms with Crippen LogP contribution in [0.4, 0.5) is 0 Å². The predicted octanol–water partition coefficient (Wildman–Crippen LogP) is -0.882. The van der Waals surface area contributed by atoms with Crippen LogP contribution in [0.5, 0.6) is 0 Å². The van der Waals surface area contributed by atoms with Crippen molar-refractivity contribution in [1.29, 1.82) is 0 Å². The summed E-state index contributed by atoms with van der Waals surface area (Å²) in [6.45, 7) is 0. The minimum absolute atomic E-state index is 0.393. The number of rotatable bonds is 3. The first-order valence-electron chi connectivity index (χ1n) is 5.39. The average Bonchev–Trinajstić information content (AvgIpc) is 2.36. The molecule has 98 valence electrons. The maximum Gasteiger partial charge on any atom is 0.326 e. The molecular weight excluding hydrogens is 252 g/mol. The zero-order valence-electron chi connectivity index (χ0n) is 9.61. The van der Waals surface area contributed by atoms with Gasteiger partial charge in [0, 0.05) is 0 Å². The summed E-state index contributed by atoms with van der Waals surface area (Å²) in [6.07, 6.45) is 2.16. The van der Waals surface area contributed by atoms with E-state index in [0.29, 0.717) is 10.4 Å². The van der Waals surface area contributed by atoms with Gasteiger partial charge in [0.1, 0.15) is 5.92 Å². The molecule has 0 heterocycles. The highest BCUT2D eigenvalue weighted by Gasteiger charge is 2.54. The fraction of sp³-hybridized carbons (Fsp3) is 0.154. The Bertz CT molecular complexity index is 673. The van der Waals surface area contributed by atoms with E-state index in [0.717, 1.165) is 6.08 Å². The molecule has 19 heavy (non-hydrogen) atoms. The van der Waals surface area contributed by atoms with Crippen LogP contribution in [0.1, 0.15) is 0 Å². The van der Waals surface area contributed by atoms with Crippen molar-refractivity contribution in [2.24, 2.45) is 11.3 Å². The fourth-order valence-corrected chi connectivity index (χ4v) is 2.19. The number of carboxylic acids is 3. The molecule has 0 amide bonds. The van der Waals surface area contributed by atoms with Crippen molar-refractivity contribution in [1.82, 2.24) is 0 Å². The van der Waals surface area contributed by atoms with Gasteiger partial charge in [0.05, 0.1) is 0 Å². The van der Waals surface area contributed by atoms with Gasteiger partial charge in [-0.25, -0.2) is 0 Å².